The van der Waals surface area contributed by atoms with Crippen LogP contribution in [-0.4, -0.2) is 41.2 Å². The summed E-state index contributed by atoms with van der Waals surface area (Å²) in [6.07, 6.45) is 1.79. The van der Waals surface area contributed by atoms with Crippen molar-refractivity contribution in [2.45, 2.75) is 18.9 Å². The summed E-state index contributed by atoms with van der Waals surface area (Å²) in [5.74, 6) is -0.579. The highest BCUT2D eigenvalue weighted by molar-refractivity contribution is 6.08. The van der Waals surface area contributed by atoms with Crippen LogP contribution >= 0.6 is 0 Å². The molecular weight excluding hydrogens is 364 g/mol. The third kappa shape index (κ3) is 3.37. The molecule has 0 spiro atoms. The van der Waals surface area contributed by atoms with Gasteiger partial charge in [0.1, 0.15) is 11.2 Å². The number of nitriles is 2. The first-order chi connectivity index (χ1) is 13.8. The first-order valence-electron chi connectivity index (χ1n) is 9.08. The molecule has 0 bridgehead atoms. The molecule has 144 valence electrons. The highest BCUT2D eigenvalue weighted by atomic mass is 16.2. The van der Waals surface area contributed by atoms with Crippen molar-refractivity contribution in [1.29, 1.82) is 10.5 Å². The minimum Gasteiger partial charge on any atom is -0.326 e. The molecule has 6 heteroatoms. The number of benzene rings is 2. The third-order valence-corrected chi connectivity index (χ3v) is 5.44. The van der Waals surface area contributed by atoms with Crippen LogP contribution in [0.15, 0.2) is 54.2 Å². The molecule has 1 saturated heterocycles. The highest BCUT2D eigenvalue weighted by Gasteiger charge is 2.48. The summed E-state index contributed by atoms with van der Waals surface area (Å²) in [5, 5.41) is 18.7. The minimum atomic E-state index is -1.13. The zero-order valence-corrected chi connectivity index (χ0v) is 16.5. The van der Waals surface area contributed by atoms with Crippen molar-refractivity contribution in [2.24, 2.45) is 0 Å². The zero-order valence-electron chi connectivity index (χ0n) is 16.5. The fourth-order valence-electron chi connectivity index (χ4n) is 3.53. The largest absolute Gasteiger partial charge is 0.326 e. The van der Waals surface area contributed by atoms with Crippen molar-refractivity contribution >= 4 is 17.9 Å². The van der Waals surface area contributed by atoms with Crippen molar-refractivity contribution in [2.75, 3.05) is 14.1 Å². The molecule has 0 radical (unpaired) electrons. The first-order valence-corrected chi connectivity index (χ1v) is 9.08. The van der Waals surface area contributed by atoms with Crippen LogP contribution in [0.5, 0.6) is 0 Å². The van der Waals surface area contributed by atoms with E-state index in [0.29, 0.717) is 22.3 Å². The number of carbonyl (C=O) groups excluding carboxylic acids is 2. The van der Waals surface area contributed by atoms with Gasteiger partial charge in [0.05, 0.1) is 23.3 Å². The summed E-state index contributed by atoms with van der Waals surface area (Å²) in [5.41, 5.74) is 1.25. The van der Waals surface area contributed by atoms with E-state index >= 15 is 0 Å². The third-order valence-electron chi connectivity index (χ3n) is 5.44. The van der Waals surface area contributed by atoms with Gasteiger partial charge in [-0.15, -0.1) is 0 Å². The monoisotopic (exact) mass is 384 g/mol. The van der Waals surface area contributed by atoms with Crippen LogP contribution in [0.2, 0.25) is 0 Å². The molecule has 29 heavy (non-hydrogen) atoms. The van der Waals surface area contributed by atoms with E-state index in [1.165, 1.54) is 9.80 Å². The molecule has 2 amide bonds. The SMILES string of the molecule is CN1C(=O)C(C)(Cc2ccccc2C#N)N(C)C(=O)C1=Cc1ccccc1C#N. The summed E-state index contributed by atoms with van der Waals surface area (Å²) >= 11 is 0. The number of likely N-dealkylation sites (N-methyl/N-ethyl adjacent to an activating group) is 2. The Kier molecular flexibility index (Phi) is 5.21. The predicted octanol–water partition coefficient (Wildman–Crippen LogP) is 2.70. The van der Waals surface area contributed by atoms with Gasteiger partial charge in [-0.25, -0.2) is 0 Å². The van der Waals surface area contributed by atoms with Crippen LogP contribution in [0.1, 0.15) is 29.2 Å². The summed E-state index contributed by atoms with van der Waals surface area (Å²) in [6.45, 7) is 1.71. The van der Waals surface area contributed by atoms with Crippen LogP contribution in [0, 0.1) is 22.7 Å². The fraction of sp³-hybridized carbons (Fsp3) is 0.217. The van der Waals surface area contributed by atoms with Gasteiger partial charge in [0.15, 0.2) is 0 Å². The van der Waals surface area contributed by atoms with Gasteiger partial charge < -0.3 is 9.80 Å². The maximum atomic E-state index is 13.3. The molecule has 1 aliphatic rings. The Morgan fingerprint density at radius 3 is 2.21 bits per heavy atom. The Balaban J connectivity index is 2.02. The number of amides is 2. The number of hydrogen-bond donors (Lipinski definition) is 0. The zero-order chi connectivity index (χ0) is 21.2. The summed E-state index contributed by atoms with van der Waals surface area (Å²) in [7, 11) is 3.15. The second-order valence-electron chi connectivity index (χ2n) is 7.18. The lowest BCUT2D eigenvalue weighted by atomic mass is 9.85. The van der Waals surface area contributed by atoms with E-state index in [4.69, 9.17) is 0 Å². The molecule has 0 aromatic heterocycles. The van der Waals surface area contributed by atoms with Crippen molar-refractivity contribution in [1.82, 2.24) is 9.80 Å². The number of piperazine rings is 1. The average molecular weight is 384 g/mol. The summed E-state index contributed by atoms with van der Waals surface area (Å²) < 4.78 is 0. The molecule has 1 unspecified atom stereocenters. The summed E-state index contributed by atoms with van der Waals surface area (Å²) in [6, 6.07) is 18.2. The van der Waals surface area contributed by atoms with E-state index in [0.717, 1.165) is 0 Å². The number of nitrogens with zero attached hydrogens (tertiary/aromatic N) is 4. The Hall–Kier alpha value is -3.90. The molecule has 1 fully saturated rings. The van der Waals surface area contributed by atoms with Gasteiger partial charge in [-0.05, 0) is 36.3 Å². The number of carbonyl (C=O) groups is 2. The van der Waals surface area contributed by atoms with Crippen LogP contribution in [0.3, 0.4) is 0 Å². The lowest BCUT2D eigenvalue weighted by Crippen LogP contribution is -2.64. The Morgan fingerprint density at radius 2 is 1.55 bits per heavy atom. The molecule has 1 heterocycles. The maximum absolute atomic E-state index is 13.3. The van der Waals surface area contributed by atoms with Gasteiger partial charge in [0, 0.05) is 20.5 Å². The highest BCUT2D eigenvalue weighted by Crippen LogP contribution is 2.32. The molecule has 0 aliphatic carbocycles. The molecule has 3 rings (SSSR count). The Bertz CT molecular complexity index is 1110. The normalized spacial score (nSPS) is 20.5. The topological polar surface area (TPSA) is 88.2 Å². The molecule has 1 aliphatic heterocycles. The standard InChI is InChI=1S/C23H20N4O2/c1-23(13-17-9-5-7-11-19(17)15-25)22(29)26(2)20(21(28)27(23)3)12-16-8-4-6-10-18(16)14-24/h4-12H,13H2,1-3H3. The lowest BCUT2D eigenvalue weighted by molar-refractivity contribution is -0.155. The second-order valence-corrected chi connectivity index (χ2v) is 7.18. The summed E-state index contributed by atoms with van der Waals surface area (Å²) in [4.78, 5) is 29.2. The van der Waals surface area contributed by atoms with E-state index < -0.39 is 5.54 Å². The molecule has 2 aromatic carbocycles. The van der Waals surface area contributed by atoms with Gasteiger partial charge in [0.25, 0.3) is 11.8 Å². The van der Waals surface area contributed by atoms with Gasteiger partial charge in [-0.1, -0.05) is 36.4 Å². The van der Waals surface area contributed by atoms with E-state index in [1.54, 1.807) is 69.6 Å². The molecule has 2 aromatic rings. The Labute approximate surface area is 169 Å². The average Bonchev–Trinajstić information content (AvgIpc) is 2.75. The van der Waals surface area contributed by atoms with Crippen molar-refractivity contribution < 1.29 is 9.59 Å². The predicted molar refractivity (Wildman–Crippen MR) is 108 cm³/mol. The molecule has 0 saturated carbocycles. The fourth-order valence-corrected chi connectivity index (χ4v) is 3.53. The molecular formula is C23H20N4O2. The molecule has 1 atom stereocenters. The lowest BCUT2D eigenvalue weighted by Gasteiger charge is -2.45. The van der Waals surface area contributed by atoms with Crippen LogP contribution in [0.25, 0.3) is 6.08 Å². The quantitative estimate of drug-likeness (QED) is 0.761. The van der Waals surface area contributed by atoms with E-state index in [2.05, 4.69) is 12.1 Å². The van der Waals surface area contributed by atoms with Gasteiger partial charge in [0.2, 0.25) is 0 Å². The van der Waals surface area contributed by atoms with E-state index in [1.807, 2.05) is 6.07 Å². The minimum absolute atomic E-state index is 0.200. The van der Waals surface area contributed by atoms with Crippen molar-refractivity contribution in [3.05, 3.63) is 76.5 Å². The first kappa shape index (κ1) is 19.9. The van der Waals surface area contributed by atoms with Crippen LogP contribution in [-0.2, 0) is 16.0 Å². The second kappa shape index (κ2) is 7.61. The van der Waals surface area contributed by atoms with Crippen molar-refractivity contribution in [3.63, 3.8) is 0 Å². The van der Waals surface area contributed by atoms with Gasteiger partial charge in [-0.2, -0.15) is 10.5 Å². The van der Waals surface area contributed by atoms with Gasteiger partial charge in [-0.3, -0.25) is 9.59 Å². The number of hydrogen-bond acceptors (Lipinski definition) is 4. The smallest absolute Gasteiger partial charge is 0.271 e. The van der Waals surface area contributed by atoms with Crippen LogP contribution in [0.4, 0.5) is 0 Å². The van der Waals surface area contributed by atoms with Gasteiger partial charge >= 0.3 is 0 Å². The number of rotatable bonds is 3. The Morgan fingerprint density at radius 1 is 0.966 bits per heavy atom. The van der Waals surface area contributed by atoms with Crippen molar-refractivity contribution in [3.8, 4) is 12.1 Å². The van der Waals surface area contributed by atoms with E-state index in [-0.39, 0.29) is 23.9 Å². The molecule has 0 N–H and O–H groups in total. The van der Waals surface area contributed by atoms with Crippen LogP contribution < -0.4 is 0 Å². The maximum Gasteiger partial charge on any atom is 0.271 e. The van der Waals surface area contributed by atoms with E-state index in [9.17, 15) is 20.1 Å². The molecule has 6 nitrogen and oxygen atoms in total.